The zero-order chi connectivity index (χ0) is 42.9. The third-order valence-corrected chi connectivity index (χ3v) is 13.2. The Kier molecular flexibility index (Phi) is 14.0. The molecule has 1 atom stereocenters. The number of carboxylic acid groups (broad SMARTS) is 1. The second-order valence-electron chi connectivity index (χ2n) is 14.8. The fourth-order valence-electron chi connectivity index (χ4n) is 7.25. The van der Waals surface area contributed by atoms with Crippen molar-refractivity contribution in [3.05, 3.63) is 142 Å². The van der Waals surface area contributed by atoms with Crippen molar-refractivity contribution in [1.29, 1.82) is 0 Å². The van der Waals surface area contributed by atoms with Gasteiger partial charge in [0.05, 0.1) is 21.9 Å². The molecule has 0 bridgehead atoms. The summed E-state index contributed by atoms with van der Waals surface area (Å²) in [7, 11) is -2.64. The molecule has 0 amide bonds. The first-order chi connectivity index (χ1) is 29.4. The van der Waals surface area contributed by atoms with E-state index in [2.05, 4.69) is 48.0 Å². The topological polar surface area (TPSA) is 174 Å². The maximum absolute atomic E-state index is 13.8. The highest BCUT2D eigenvalue weighted by molar-refractivity contribution is 7.99. The number of nitro benzene ring substituents is 1. The molecule has 0 saturated carbocycles. The van der Waals surface area contributed by atoms with Crippen molar-refractivity contribution in [1.82, 2.24) is 19.8 Å². The zero-order valence-corrected chi connectivity index (χ0v) is 35.7. The first kappa shape index (κ1) is 43.3. The Hall–Kier alpha value is -5.78. The number of aliphatic carboxylic acids is 1. The van der Waals surface area contributed by atoms with Gasteiger partial charge in [0.1, 0.15) is 12.0 Å². The SMILES string of the molecule is CN(CCC(CSc1ccccc1)Nc1ccc(S(=O)(=O)Nc2ncnc3cc(N4CCN(Cc5ccccc5-c5ccc(Cl)cc5)CC4)ccc23)cc1[N+](=O)[O-])CC(=O)O. The van der Waals surface area contributed by atoms with Gasteiger partial charge in [0.2, 0.25) is 0 Å². The summed E-state index contributed by atoms with van der Waals surface area (Å²) in [6.07, 6.45) is 1.76. The van der Waals surface area contributed by atoms with Gasteiger partial charge in [-0.1, -0.05) is 66.2 Å². The van der Waals surface area contributed by atoms with E-state index in [4.69, 9.17) is 11.6 Å². The Morgan fingerprint density at radius 3 is 2.43 bits per heavy atom. The van der Waals surface area contributed by atoms with E-state index in [1.807, 2.05) is 72.8 Å². The number of rotatable bonds is 18. The molecule has 1 fully saturated rings. The van der Waals surface area contributed by atoms with E-state index in [1.165, 1.54) is 29.6 Å². The molecule has 1 aliphatic heterocycles. The maximum Gasteiger partial charge on any atom is 0.317 e. The van der Waals surface area contributed by atoms with E-state index in [0.29, 0.717) is 34.6 Å². The van der Waals surface area contributed by atoms with Gasteiger partial charge >= 0.3 is 5.97 Å². The number of nitro groups is 1. The van der Waals surface area contributed by atoms with E-state index in [9.17, 15) is 28.4 Å². The summed E-state index contributed by atoms with van der Waals surface area (Å²) in [5, 5.41) is 26.0. The molecule has 1 saturated heterocycles. The number of fused-ring (bicyclic) bond motifs is 1. The average Bonchev–Trinajstić information content (AvgIpc) is 3.25. The van der Waals surface area contributed by atoms with Crippen LogP contribution in [-0.4, -0.2) is 102 Å². The van der Waals surface area contributed by atoms with Gasteiger partial charge < -0.3 is 15.3 Å². The molecular formula is C44H45ClN8O6S2. The number of nitrogens with zero attached hydrogens (tertiary/aromatic N) is 6. The Balaban J connectivity index is 1.02. The molecule has 1 aliphatic rings. The third-order valence-electron chi connectivity index (χ3n) is 10.4. The number of sulfonamides is 1. The Morgan fingerprint density at radius 1 is 0.951 bits per heavy atom. The van der Waals surface area contributed by atoms with Gasteiger partial charge in [-0.05, 0) is 84.8 Å². The van der Waals surface area contributed by atoms with Crippen LogP contribution in [0.15, 0.2) is 131 Å². The molecule has 61 heavy (non-hydrogen) atoms. The lowest BCUT2D eigenvalue weighted by Crippen LogP contribution is -2.46. The Morgan fingerprint density at radius 2 is 1.69 bits per heavy atom. The molecule has 1 aromatic heterocycles. The molecule has 5 aromatic carbocycles. The molecule has 0 radical (unpaired) electrons. The molecule has 17 heteroatoms. The summed E-state index contributed by atoms with van der Waals surface area (Å²) in [4.78, 5) is 38.7. The monoisotopic (exact) mass is 880 g/mol. The fraction of sp³-hybridized carbons (Fsp3) is 0.250. The largest absolute Gasteiger partial charge is 0.480 e. The Labute approximate surface area is 363 Å². The molecule has 0 spiro atoms. The van der Waals surface area contributed by atoms with Crippen LogP contribution in [0.1, 0.15) is 12.0 Å². The second-order valence-corrected chi connectivity index (χ2v) is 18.0. The van der Waals surface area contributed by atoms with Gasteiger partial charge in [0.15, 0.2) is 5.82 Å². The van der Waals surface area contributed by atoms with E-state index >= 15 is 0 Å². The lowest BCUT2D eigenvalue weighted by Gasteiger charge is -2.36. The first-order valence-electron chi connectivity index (χ1n) is 19.6. The minimum absolute atomic E-state index is 0.0501. The van der Waals surface area contributed by atoms with Crippen molar-refractivity contribution in [3.8, 4) is 11.1 Å². The van der Waals surface area contributed by atoms with Crippen LogP contribution in [0.3, 0.4) is 0 Å². The molecule has 14 nitrogen and oxygen atoms in total. The number of aromatic nitrogens is 2. The van der Waals surface area contributed by atoms with Crippen LogP contribution in [0.5, 0.6) is 0 Å². The lowest BCUT2D eigenvalue weighted by molar-refractivity contribution is -0.384. The highest BCUT2D eigenvalue weighted by Gasteiger charge is 2.25. The fourth-order valence-corrected chi connectivity index (χ4v) is 9.42. The summed E-state index contributed by atoms with van der Waals surface area (Å²) in [5.41, 5.74) is 4.78. The molecule has 6 aromatic rings. The van der Waals surface area contributed by atoms with Crippen LogP contribution in [0.25, 0.3) is 22.0 Å². The molecule has 316 valence electrons. The molecule has 2 heterocycles. The molecular weight excluding hydrogens is 836 g/mol. The maximum atomic E-state index is 13.8. The average molecular weight is 881 g/mol. The smallest absolute Gasteiger partial charge is 0.317 e. The summed E-state index contributed by atoms with van der Waals surface area (Å²) < 4.78 is 30.1. The van der Waals surface area contributed by atoms with Gasteiger partial charge in [0.25, 0.3) is 15.7 Å². The number of nitrogens with one attached hydrogen (secondary N) is 2. The van der Waals surface area contributed by atoms with Gasteiger partial charge in [0, 0.05) is 78.1 Å². The number of halogens is 1. The highest BCUT2D eigenvalue weighted by Crippen LogP contribution is 2.33. The van der Waals surface area contributed by atoms with Gasteiger partial charge in [-0.3, -0.25) is 29.4 Å². The number of thioether (sulfide) groups is 1. The van der Waals surface area contributed by atoms with Crippen molar-refractivity contribution < 1.29 is 23.2 Å². The second kappa shape index (κ2) is 19.7. The quantitative estimate of drug-likeness (QED) is 0.0432. The zero-order valence-electron chi connectivity index (χ0n) is 33.4. The van der Waals surface area contributed by atoms with E-state index < -0.39 is 26.6 Å². The van der Waals surface area contributed by atoms with Gasteiger partial charge in [-0.15, -0.1) is 11.8 Å². The van der Waals surface area contributed by atoms with Crippen LogP contribution < -0.4 is 14.9 Å². The normalized spacial score (nSPS) is 13.9. The van der Waals surface area contributed by atoms with E-state index in [1.54, 1.807) is 29.8 Å². The van der Waals surface area contributed by atoms with Crippen molar-refractivity contribution in [3.63, 3.8) is 0 Å². The summed E-state index contributed by atoms with van der Waals surface area (Å²) in [6.45, 7) is 4.35. The summed E-state index contributed by atoms with van der Waals surface area (Å²) >= 11 is 7.69. The number of carboxylic acids is 1. The number of hydrogen-bond donors (Lipinski definition) is 3. The van der Waals surface area contributed by atoms with Gasteiger partial charge in [-0.25, -0.2) is 18.4 Å². The van der Waals surface area contributed by atoms with Crippen LogP contribution in [0, 0.1) is 10.1 Å². The minimum atomic E-state index is -4.33. The number of anilines is 3. The van der Waals surface area contributed by atoms with Crippen molar-refractivity contribution in [2.75, 3.05) is 67.0 Å². The predicted molar refractivity (Wildman–Crippen MR) is 242 cm³/mol. The molecule has 0 aliphatic carbocycles. The summed E-state index contributed by atoms with van der Waals surface area (Å²) in [5.74, 6) is -0.390. The number of hydrogen-bond acceptors (Lipinski definition) is 12. The first-order valence-corrected chi connectivity index (χ1v) is 22.5. The summed E-state index contributed by atoms with van der Waals surface area (Å²) in [6, 6.07) is 35.0. The van der Waals surface area contributed by atoms with E-state index in [0.717, 1.165) is 54.9 Å². The molecule has 1 unspecified atom stereocenters. The number of piperazine rings is 1. The van der Waals surface area contributed by atoms with Crippen LogP contribution in [-0.2, 0) is 21.4 Å². The van der Waals surface area contributed by atoms with Crippen molar-refractivity contribution >= 4 is 73.1 Å². The number of carbonyl (C=O) groups is 1. The molecule has 7 rings (SSSR count). The number of likely N-dealkylation sites (N-methyl/N-ethyl adjacent to an activating group) is 1. The predicted octanol–water partition coefficient (Wildman–Crippen LogP) is 7.96. The van der Waals surface area contributed by atoms with Crippen molar-refractivity contribution in [2.24, 2.45) is 0 Å². The van der Waals surface area contributed by atoms with Crippen molar-refractivity contribution in [2.45, 2.75) is 28.8 Å². The van der Waals surface area contributed by atoms with Crippen LogP contribution >= 0.6 is 23.4 Å². The Bertz CT molecular complexity index is 2600. The van der Waals surface area contributed by atoms with Crippen LogP contribution in [0.2, 0.25) is 5.02 Å². The number of benzene rings is 5. The highest BCUT2D eigenvalue weighted by atomic mass is 35.5. The van der Waals surface area contributed by atoms with Gasteiger partial charge in [-0.2, -0.15) is 0 Å². The lowest BCUT2D eigenvalue weighted by atomic mass is 9.99. The van der Waals surface area contributed by atoms with Crippen LogP contribution in [0.4, 0.5) is 22.9 Å². The standard InChI is InChI=1S/C44H45ClN8O6S2/c1-50(28-43(54)55)20-19-34(29-60-36-8-3-2-4-9-36)48-40-18-16-37(26-42(40)53(56)57)61(58,59)49-44-39-17-15-35(25-41(39)46-30-47-44)52-23-21-51(22-24-52)27-32-7-5-6-10-38(32)31-11-13-33(45)14-12-31/h2-18,25-26,30,34,48H,19-24,27-29H2,1H3,(H,54,55)(H,46,47,49). The minimum Gasteiger partial charge on any atom is -0.480 e. The molecule has 3 N–H and O–H groups in total. The third kappa shape index (κ3) is 11.3. The van der Waals surface area contributed by atoms with E-state index in [-0.39, 0.29) is 29.0 Å².